The van der Waals surface area contributed by atoms with Crippen LogP contribution in [0.2, 0.25) is 0 Å². The number of amides is 1. The number of carbonyl (C=O) groups is 2. The fraction of sp³-hybridized carbons (Fsp3) is 0.500. The molecule has 1 fully saturated rings. The predicted octanol–water partition coefficient (Wildman–Crippen LogP) is 2.98. The highest BCUT2D eigenvalue weighted by molar-refractivity contribution is 5.75. The summed E-state index contributed by atoms with van der Waals surface area (Å²) in [5.74, 6) is 0.0567. The van der Waals surface area contributed by atoms with Crippen LogP contribution in [0.1, 0.15) is 38.7 Å². The van der Waals surface area contributed by atoms with Crippen LogP contribution in [0.25, 0.3) is 0 Å². The number of aldehydes is 1. The standard InChI is InChI=1S/C16H21NO3/c1-16(2,3)20-15(19)17-10-9-13(14(17)11-18)12-7-5-4-6-8-12/h4-8,11,13-14H,9-10H2,1-3H3/t13-,14+/m1/s1. The molecule has 2 rings (SSSR count). The summed E-state index contributed by atoms with van der Waals surface area (Å²) in [4.78, 5) is 25.1. The molecule has 1 aromatic rings. The molecule has 1 amide bonds. The van der Waals surface area contributed by atoms with Gasteiger partial charge in [-0.15, -0.1) is 0 Å². The molecule has 1 aromatic carbocycles. The van der Waals surface area contributed by atoms with E-state index in [1.165, 1.54) is 4.90 Å². The van der Waals surface area contributed by atoms with Gasteiger partial charge in [0, 0.05) is 12.5 Å². The Bertz CT molecular complexity index is 478. The van der Waals surface area contributed by atoms with E-state index in [1.54, 1.807) is 0 Å². The van der Waals surface area contributed by atoms with Gasteiger partial charge in [-0.05, 0) is 32.8 Å². The van der Waals surface area contributed by atoms with E-state index in [0.717, 1.165) is 18.3 Å². The van der Waals surface area contributed by atoms with Gasteiger partial charge in [-0.25, -0.2) is 4.79 Å². The van der Waals surface area contributed by atoms with Crippen molar-refractivity contribution in [1.29, 1.82) is 0 Å². The van der Waals surface area contributed by atoms with E-state index >= 15 is 0 Å². The number of rotatable bonds is 2. The highest BCUT2D eigenvalue weighted by Gasteiger charge is 2.39. The van der Waals surface area contributed by atoms with Crippen molar-refractivity contribution in [2.75, 3.05) is 6.54 Å². The van der Waals surface area contributed by atoms with Gasteiger partial charge in [0.15, 0.2) is 0 Å². The number of benzene rings is 1. The third-order valence-electron chi connectivity index (χ3n) is 3.45. The van der Waals surface area contributed by atoms with Crippen LogP contribution < -0.4 is 0 Å². The summed E-state index contributed by atoms with van der Waals surface area (Å²) in [5, 5.41) is 0. The fourth-order valence-corrected chi connectivity index (χ4v) is 2.58. The number of ether oxygens (including phenoxy) is 1. The first-order valence-electron chi connectivity index (χ1n) is 6.92. The quantitative estimate of drug-likeness (QED) is 0.779. The molecule has 0 aromatic heterocycles. The lowest BCUT2D eigenvalue weighted by atomic mass is 9.92. The van der Waals surface area contributed by atoms with Gasteiger partial charge in [0.05, 0.1) is 6.04 Å². The summed E-state index contributed by atoms with van der Waals surface area (Å²) in [6, 6.07) is 9.41. The Labute approximate surface area is 119 Å². The molecule has 108 valence electrons. The molecule has 0 N–H and O–H groups in total. The fourth-order valence-electron chi connectivity index (χ4n) is 2.58. The van der Waals surface area contributed by atoms with Crippen LogP contribution in [0.4, 0.5) is 4.79 Å². The molecule has 0 spiro atoms. The van der Waals surface area contributed by atoms with E-state index in [4.69, 9.17) is 4.74 Å². The third kappa shape index (κ3) is 3.18. The number of carbonyl (C=O) groups excluding carboxylic acids is 2. The smallest absolute Gasteiger partial charge is 0.410 e. The Morgan fingerprint density at radius 2 is 1.95 bits per heavy atom. The summed E-state index contributed by atoms with van der Waals surface area (Å²) >= 11 is 0. The van der Waals surface area contributed by atoms with Crippen molar-refractivity contribution in [2.45, 2.75) is 44.8 Å². The van der Waals surface area contributed by atoms with Crippen molar-refractivity contribution in [2.24, 2.45) is 0 Å². The number of nitrogens with zero attached hydrogens (tertiary/aromatic N) is 1. The molecule has 4 heteroatoms. The van der Waals surface area contributed by atoms with Crippen LogP contribution in [0.3, 0.4) is 0 Å². The summed E-state index contributed by atoms with van der Waals surface area (Å²) < 4.78 is 5.37. The first-order valence-corrected chi connectivity index (χ1v) is 6.92. The van der Waals surface area contributed by atoms with Crippen LogP contribution in [0, 0.1) is 0 Å². The van der Waals surface area contributed by atoms with Gasteiger partial charge in [-0.2, -0.15) is 0 Å². The summed E-state index contributed by atoms with van der Waals surface area (Å²) in [5.41, 5.74) is 0.547. The minimum absolute atomic E-state index is 0.0567. The number of hydrogen-bond donors (Lipinski definition) is 0. The van der Waals surface area contributed by atoms with Crippen molar-refractivity contribution >= 4 is 12.4 Å². The minimum Gasteiger partial charge on any atom is -0.444 e. The van der Waals surface area contributed by atoms with E-state index < -0.39 is 17.7 Å². The third-order valence-corrected chi connectivity index (χ3v) is 3.45. The van der Waals surface area contributed by atoms with Crippen LogP contribution in [-0.4, -0.2) is 35.5 Å². The van der Waals surface area contributed by atoms with Gasteiger partial charge >= 0.3 is 6.09 Å². The second kappa shape index (κ2) is 5.65. The van der Waals surface area contributed by atoms with Gasteiger partial charge in [0.25, 0.3) is 0 Å². The second-order valence-corrected chi connectivity index (χ2v) is 6.11. The summed E-state index contributed by atoms with van der Waals surface area (Å²) in [6.45, 7) is 6.03. The van der Waals surface area contributed by atoms with E-state index in [2.05, 4.69) is 0 Å². The molecule has 0 radical (unpaired) electrons. The molecule has 0 bridgehead atoms. The molecule has 0 aliphatic carbocycles. The lowest BCUT2D eigenvalue weighted by Gasteiger charge is -2.27. The predicted molar refractivity (Wildman–Crippen MR) is 76.6 cm³/mol. The van der Waals surface area contributed by atoms with Gasteiger partial charge in [0.2, 0.25) is 0 Å². The van der Waals surface area contributed by atoms with Crippen LogP contribution in [-0.2, 0) is 9.53 Å². The molecule has 4 nitrogen and oxygen atoms in total. The summed E-state index contributed by atoms with van der Waals surface area (Å²) in [7, 11) is 0. The monoisotopic (exact) mass is 275 g/mol. The maximum atomic E-state index is 12.2. The molecule has 1 saturated heterocycles. The molecule has 2 atom stereocenters. The van der Waals surface area contributed by atoms with Crippen molar-refractivity contribution < 1.29 is 14.3 Å². The molecular weight excluding hydrogens is 254 g/mol. The SMILES string of the molecule is CC(C)(C)OC(=O)N1CC[C@H](c2ccccc2)[C@@H]1C=O. The van der Waals surface area contributed by atoms with E-state index in [9.17, 15) is 9.59 Å². The van der Waals surface area contributed by atoms with Gasteiger partial charge in [-0.1, -0.05) is 30.3 Å². The van der Waals surface area contributed by atoms with E-state index in [0.29, 0.717) is 6.54 Å². The first-order chi connectivity index (χ1) is 9.42. The topological polar surface area (TPSA) is 46.6 Å². The van der Waals surface area contributed by atoms with Crippen LogP contribution in [0.15, 0.2) is 30.3 Å². The largest absolute Gasteiger partial charge is 0.444 e. The Hall–Kier alpha value is -1.84. The molecule has 1 aliphatic heterocycles. The lowest BCUT2D eigenvalue weighted by Crippen LogP contribution is -2.41. The Morgan fingerprint density at radius 3 is 2.50 bits per heavy atom. The Balaban J connectivity index is 2.14. The molecule has 1 aliphatic rings. The molecule has 0 unspecified atom stereocenters. The first kappa shape index (κ1) is 14.6. The average Bonchev–Trinajstić information content (AvgIpc) is 2.81. The Morgan fingerprint density at radius 1 is 1.30 bits per heavy atom. The van der Waals surface area contributed by atoms with Gasteiger partial charge < -0.3 is 9.53 Å². The molecule has 0 saturated carbocycles. The van der Waals surface area contributed by atoms with Gasteiger partial charge in [-0.3, -0.25) is 4.90 Å². The van der Waals surface area contributed by atoms with Crippen LogP contribution in [0.5, 0.6) is 0 Å². The minimum atomic E-state index is -0.546. The maximum absolute atomic E-state index is 12.2. The van der Waals surface area contributed by atoms with E-state index in [-0.39, 0.29) is 5.92 Å². The average molecular weight is 275 g/mol. The number of hydrogen-bond acceptors (Lipinski definition) is 3. The molecule has 1 heterocycles. The summed E-state index contributed by atoms with van der Waals surface area (Å²) in [6.07, 6.45) is 1.23. The highest BCUT2D eigenvalue weighted by Crippen LogP contribution is 2.33. The zero-order chi connectivity index (χ0) is 14.8. The zero-order valence-corrected chi connectivity index (χ0v) is 12.2. The molecular formula is C16H21NO3. The highest BCUT2D eigenvalue weighted by atomic mass is 16.6. The van der Waals surface area contributed by atoms with Crippen molar-refractivity contribution in [1.82, 2.24) is 4.90 Å². The Kier molecular flexibility index (Phi) is 4.12. The van der Waals surface area contributed by atoms with Crippen molar-refractivity contribution in [3.63, 3.8) is 0 Å². The van der Waals surface area contributed by atoms with Gasteiger partial charge in [0.1, 0.15) is 11.9 Å². The number of likely N-dealkylation sites (tertiary alicyclic amines) is 1. The lowest BCUT2D eigenvalue weighted by molar-refractivity contribution is -0.112. The van der Waals surface area contributed by atoms with Crippen molar-refractivity contribution in [3.05, 3.63) is 35.9 Å². The molecule has 20 heavy (non-hydrogen) atoms. The van der Waals surface area contributed by atoms with Crippen LogP contribution >= 0.6 is 0 Å². The zero-order valence-electron chi connectivity index (χ0n) is 12.2. The van der Waals surface area contributed by atoms with E-state index in [1.807, 2.05) is 51.1 Å². The normalized spacial score (nSPS) is 22.6. The maximum Gasteiger partial charge on any atom is 0.410 e. The second-order valence-electron chi connectivity index (χ2n) is 6.11. The van der Waals surface area contributed by atoms with Crippen molar-refractivity contribution in [3.8, 4) is 0 Å².